The van der Waals surface area contributed by atoms with Crippen molar-refractivity contribution in [3.8, 4) is 11.5 Å². The molecule has 0 fully saturated rings. The van der Waals surface area contributed by atoms with Crippen molar-refractivity contribution in [1.29, 1.82) is 0 Å². The number of hydrogen-bond donors (Lipinski definition) is 5. The number of nitrogens with one attached hydrogen (secondary N) is 2. The fourth-order valence-corrected chi connectivity index (χ4v) is 8.64. The van der Waals surface area contributed by atoms with Gasteiger partial charge in [-0.3, -0.25) is 14.4 Å². The second kappa shape index (κ2) is 13.0. The highest BCUT2D eigenvalue weighted by Gasteiger charge is 2.37. The Morgan fingerprint density at radius 1 is 0.759 bits per heavy atom. The summed E-state index contributed by atoms with van der Waals surface area (Å²) in [4.78, 5) is 42.6. The van der Waals surface area contributed by atoms with Gasteiger partial charge < -0.3 is 30.7 Å². The van der Waals surface area contributed by atoms with Crippen LogP contribution in [0.25, 0.3) is 49.2 Å². The van der Waals surface area contributed by atoms with Crippen LogP contribution in [0, 0.1) is 0 Å². The smallest absolute Gasteiger partial charge is 0.200 e. The Bertz CT molecular complexity index is 2870. The van der Waals surface area contributed by atoms with E-state index in [0.717, 1.165) is 11.4 Å². The third kappa shape index (κ3) is 4.99. The van der Waals surface area contributed by atoms with E-state index in [-0.39, 0.29) is 51.1 Å². The van der Waals surface area contributed by atoms with Gasteiger partial charge in [-0.05, 0) is 53.3 Å². The molecule has 2 heterocycles. The number of methoxy groups -OCH3 is 1. The maximum Gasteiger partial charge on any atom is 0.200 e. The largest absolute Gasteiger partial charge is 0.505 e. The number of phenols is 1. The third-order valence-electron chi connectivity index (χ3n) is 11.0. The Hall–Kier alpha value is -6.17. The fourth-order valence-electron chi connectivity index (χ4n) is 8.64. The quantitative estimate of drug-likeness (QED) is 0.0592. The zero-order chi connectivity index (χ0) is 38.2. The normalized spacial score (nSPS) is 14.0. The molecule has 8 rings (SSSR count). The molecule has 0 radical (unpaired) electrons. The SMILES string of the molecule is COc1c(NCc2cccc[n+]2C)c2c(=O)cc(CO)c3c4c(CO)cc(=O)c5c(O)c(NCc6cccc[n+]6C)c6c(c(c1C(C(C)=O)C(C)=C6)c23)c54. The van der Waals surface area contributed by atoms with Gasteiger partial charge in [0.2, 0.25) is 0 Å². The van der Waals surface area contributed by atoms with Crippen molar-refractivity contribution < 1.29 is 34.0 Å². The standard InChI is InChI=1S/C43H38N4O7/c1-21-14-27-33-36-31(24(20-49)16-29(52)35(36)42(53)40(27)44-17-25-10-6-8-12-46(25)3)32-23(19-48)15-28(51)34-37(32)38(33)39(30(21)22(2)50)43(54-5)41(34)45-18-26-11-7-9-13-47(26)4/h6-16,30,48-49H,17-20H2,1-5H3,(H-2,44,45,51,52,53)/p+2. The van der Waals surface area contributed by atoms with Crippen molar-refractivity contribution >= 4 is 66.3 Å². The number of benzene rings is 5. The fraction of sp³-hybridized carbons (Fsp3) is 0.233. The molecular weight excluding hydrogens is 684 g/mol. The molecule has 11 heteroatoms. The summed E-state index contributed by atoms with van der Waals surface area (Å²) < 4.78 is 10.1. The lowest BCUT2D eigenvalue weighted by Crippen LogP contribution is -2.34. The minimum absolute atomic E-state index is 0.0193. The number of aryl methyl sites for hydroxylation is 2. The first-order valence-corrected chi connectivity index (χ1v) is 17.7. The van der Waals surface area contributed by atoms with Gasteiger partial charge in [-0.1, -0.05) is 23.8 Å². The number of aromatic nitrogens is 2. The number of carbonyl (C=O) groups excluding carboxylic acids is 1. The average molecular weight is 725 g/mol. The number of carbonyl (C=O) groups is 1. The zero-order valence-electron chi connectivity index (χ0n) is 30.6. The van der Waals surface area contributed by atoms with Crippen molar-refractivity contribution in [3.63, 3.8) is 0 Å². The summed E-state index contributed by atoms with van der Waals surface area (Å²) in [6.07, 6.45) is 5.69. The molecule has 5 aromatic carbocycles. The summed E-state index contributed by atoms with van der Waals surface area (Å²) in [5, 5.41) is 43.8. The number of aliphatic hydroxyl groups is 2. The molecule has 54 heavy (non-hydrogen) atoms. The van der Waals surface area contributed by atoms with Crippen LogP contribution in [0.15, 0.2) is 76.1 Å². The number of anilines is 2. The number of Topliss-reactive ketones (excluding diaryl/α,β-unsaturated/α-hetero) is 1. The van der Waals surface area contributed by atoms with E-state index in [0.29, 0.717) is 67.0 Å². The summed E-state index contributed by atoms with van der Waals surface area (Å²) in [5.74, 6) is -1.02. The second-order valence-corrected chi connectivity index (χ2v) is 14.1. The minimum Gasteiger partial charge on any atom is -0.505 e. The highest BCUT2D eigenvalue weighted by molar-refractivity contribution is 6.39. The molecule has 1 atom stereocenters. The Morgan fingerprint density at radius 3 is 1.81 bits per heavy atom. The summed E-state index contributed by atoms with van der Waals surface area (Å²) in [5.41, 5.74) is 3.82. The van der Waals surface area contributed by atoms with Gasteiger partial charge in [-0.25, -0.2) is 9.13 Å². The Balaban J connectivity index is 1.64. The zero-order valence-corrected chi connectivity index (χ0v) is 30.6. The van der Waals surface area contributed by atoms with E-state index in [2.05, 4.69) is 10.6 Å². The van der Waals surface area contributed by atoms with Crippen LogP contribution in [0.2, 0.25) is 0 Å². The lowest BCUT2D eigenvalue weighted by atomic mass is 9.79. The van der Waals surface area contributed by atoms with Crippen molar-refractivity contribution in [2.24, 2.45) is 14.1 Å². The summed E-state index contributed by atoms with van der Waals surface area (Å²) >= 11 is 0. The van der Waals surface area contributed by atoms with Crippen LogP contribution in [0.1, 0.15) is 53.4 Å². The lowest BCUT2D eigenvalue weighted by Gasteiger charge is -2.27. The number of aromatic hydroxyl groups is 1. The molecule has 0 saturated heterocycles. The van der Waals surface area contributed by atoms with Crippen LogP contribution in [0.4, 0.5) is 11.4 Å². The molecule has 0 saturated carbocycles. The molecule has 1 aliphatic carbocycles. The van der Waals surface area contributed by atoms with E-state index in [1.807, 2.05) is 85.0 Å². The highest BCUT2D eigenvalue weighted by atomic mass is 16.5. The van der Waals surface area contributed by atoms with Crippen molar-refractivity contribution in [1.82, 2.24) is 0 Å². The predicted octanol–water partition coefficient (Wildman–Crippen LogP) is 4.56. The molecule has 11 nitrogen and oxygen atoms in total. The van der Waals surface area contributed by atoms with E-state index < -0.39 is 24.6 Å². The number of pyridine rings is 2. The number of aliphatic hydroxyl groups excluding tert-OH is 2. The minimum atomic E-state index is -0.855. The third-order valence-corrected chi connectivity index (χ3v) is 11.0. The molecule has 0 aliphatic heterocycles. The molecule has 5 N–H and O–H groups in total. The van der Waals surface area contributed by atoms with Gasteiger partial charge in [0.25, 0.3) is 0 Å². The lowest BCUT2D eigenvalue weighted by molar-refractivity contribution is -0.679. The van der Waals surface area contributed by atoms with Crippen molar-refractivity contribution in [3.05, 3.63) is 121 Å². The van der Waals surface area contributed by atoms with Crippen LogP contribution in [-0.2, 0) is 45.2 Å². The van der Waals surface area contributed by atoms with Crippen molar-refractivity contribution in [2.45, 2.75) is 46.1 Å². The maximum absolute atomic E-state index is 14.5. The maximum atomic E-state index is 14.5. The number of ketones is 1. The second-order valence-electron chi connectivity index (χ2n) is 14.1. The Labute approximate surface area is 309 Å². The topological polar surface area (TPSA) is 153 Å². The summed E-state index contributed by atoms with van der Waals surface area (Å²) in [6, 6.07) is 14.2. The number of phenolic OH excluding ortho intramolecular Hbond substituents is 1. The Morgan fingerprint density at radius 2 is 1.30 bits per heavy atom. The van der Waals surface area contributed by atoms with Gasteiger partial charge in [0.15, 0.2) is 40.4 Å². The number of allylic oxidation sites excluding steroid dienone is 1. The molecular formula is C43H40N4O7+2. The first-order valence-electron chi connectivity index (χ1n) is 17.7. The summed E-state index contributed by atoms with van der Waals surface area (Å²) in [7, 11) is 5.34. The first-order chi connectivity index (χ1) is 26.0. The summed E-state index contributed by atoms with van der Waals surface area (Å²) in [6.45, 7) is 2.89. The Kier molecular flexibility index (Phi) is 8.43. The number of fused-ring (bicyclic) bond motifs is 1. The predicted molar refractivity (Wildman–Crippen MR) is 208 cm³/mol. The van der Waals surface area contributed by atoms with Crippen LogP contribution in [0.5, 0.6) is 11.5 Å². The first kappa shape index (κ1) is 34.9. The van der Waals surface area contributed by atoms with Gasteiger partial charge in [0.05, 0.1) is 48.4 Å². The van der Waals surface area contributed by atoms with E-state index >= 15 is 0 Å². The number of ether oxygens (including phenoxy) is 1. The molecule has 272 valence electrons. The molecule has 1 unspecified atom stereocenters. The highest BCUT2D eigenvalue weighted by Crippen LogP contribution is 2.56. The van der Waals surface area contributed by atoms with Crippen LogP contribution >= 0.6 is 0 Å². The van der Waals surface area contributed by atoms with Gasteiger partial charge >= 0.3 is 0 Å². The number of hydrogen-bond acceptors (Lipinski definition) is 9. The molecule has 2 aromatic heterocycles. The van der Waals surface area contributed by atoms with E-state index in [1.54, 1.807) is 0 Å². The van der Waals surface area contributed by atoms with E-state index in [4.69, 9.17) is 4.74 Å². The van der Waals surface area contributed by atoms with Gasteiger partial charge in [-0.15, -0.1) is 0 Å². The monoisotopic (exact) mass is 724 g/mol. The van der Waals surface area contributed by atoms with E-state index in [9.17, 15) is 29.7 Å². The molecule has 0 bridgehead atoms. The number of rotatable bonds is 10. The van der Waals surface area contributed by atoms with Crippen molar-refractivity contribution in [2.75, 3.05) is 17.7 Å². The molecule has 0 amide bonds. The van der Waals surface area contributed by atoms with Gasteiger partial charge in [0, 0.05) is 51.6 Å². The van der Waals surface area contributed by atoms with Crippen LogP contribution in [0.3, 0.4) is 0 Å². The molecule has 0 spiro atoms. The average Bonchev–Trinajstić information content (AvgIpc) is 3.28. The van der Waals surface area contributed by atoms with Gasteiger partial charge in [0.1, 0.15) is 38.7 Å². The van der Waals surface area contributed by atoms with E-state index in [1.165, 1.54) is 26.2 Å². The number of nitrogens with zero attached hydrogens (tertiary/aromatic N) is 2. The molecule has 7 aromatic rings. The van der Waals surface area contributed by atoms with Gasteiger partial charge in [-0.2, -0.15) is 0 Å². The van der Waals surface area contributed by atoms with Crippen LogP contribution < -0.4 is 35.4 Å². The molecule has 1 aliphatic rings. The van der Waals surface area contributed by atoms with Crippen LogP contribution in [-0.4, -0.2) is 28.2 Å².